The van der Waals surface area contributed by atoms with Crippen molar-refractivity contribution in [3.05, 3.63) is 34.1 Å². The highest BCUT2D eigenvalue weighted by atomic mass is 79.9. The molecule has 0 radical (unpaired) electrons. The molecule has 37 heavy (non-hydrogen) atoms. The van der Waals surface area contributed by atoms with E-state index in [2.05, 4.69) is 26.6 Å². The topological polar surface area (TPSA) is 87.7 Å². The number of halogens is 2. The smallest absolute Gasteiger partial charge is 0.410 e. The van der Waals surface area contributed by atoms with Gasteiger partial charge in [0.2, 0.25) is 11.8 Å². The molecule has 4 fully saturated rings. The summed E-state index contributed by atoms with van der Waals surface area (Å²) in [6, 6.07) is 4.78. The van der Waals surface area contributed by atoms with Gasteiger partial charge in [0.05, 0.1) is 11.8 Å². The maximum atomic E-state index is 14.3. The number of nitrogens with zero attached hydrogens (tertiary/aromatic N) is 1. The lowest BCUT2D eigenvalue weighted by molar-refractivity contribution is -0.137. The van der Waals surface area contributed by atoms with Crippen molar-refractivity contribution >= 4 is 33.8 Å². The molecule has 4 atom stereocenters. The summed E-state index contributed by atoms with van der Waals surface area (Å²) in [5.74, 6) is -0.809. The highest BCUT2D eigenvalue weighted by Crippen LogP contribution is 2.74. The number of benzene rings is 1. The largest absolute Gasteiger partial charge is 0.444 e. The monoisotopic (exact) mass is 577 g/mol. The van der Waals surface area contributed by atoms with Crippen LogP contribution in [0.25, 0.3) is 0 Å². The minimum Gasteiger partial charge on any atom is -0.444 e. The van der Waals surface area contributed by atoms with Crippen LogP contribution in [0.2, 0.25) is 0 Å². The van der Waals surface area contributed by atoms with E-state index in [0.29, 0.717) is 36.0 Å². The average Bonchev–Trinajstić information content (AvgIpc) is 3.49. The number of hydrogen-bond acceptors (Lipinski definition) is 4. The summed E-state index contributed by atoms with van der Waals surface area (Å²) in [6.45, 7) is 6.72. The molecule has 1 saturated heterocycles. The van der Waals surface area contributed by atoms with Crippen LogP contribution in [0.5, 0.6) is 0 Å². The Morgan fingerprint density at radius 1 is 1.05 bits per heavy atom. The average molecular weight is 579 g/mol. The van der Waals surface area contributed by atoms with Gasteiger partial charge in [-0.1, -0.05) is 22.0 Å². The quantitative estimate of drug-likeness (QED) is 0.527. The number of amides is 3. The van der Waals surface area contributed by atoms with Gasteiger partial charge in [0.15, 0.2) is 0 Å². The first-order chi connectivity index (χ1) is 17.5. The van der Waals surface area contributed by atoms with E-state index in [4.69, 9.17) is 4.74 Å². The fraction of sp³-hybridized carbons (Fsp3) is 0.679. The van der Waals surface area contributed by atoms with Crippen molar-refractivity contribution in [1.82, 2.24) is 15.5 Å². The maximum Gasteiger partial charge on any atom is 0.410 e. The van der Waals surface area contributed by atoms with Gasteiger partial charge in [0.25, 0.3) is 0 Å². The molecule has 1 spiro atoms. The number of rotatable bonds is 5. The number of carbonyl (C=O) groups excluding carboxylic acids is 3. The zero-order valence-electron chi connectivity index (χ0n) is 21.8. The molecule has 1 heterocycles. The van der Waals surface area contributed by atoms with E-state index >= 15 is 0 Å². The second-order valence-electron chi connectivity index (χ2n) is 12.3. The lowest BCUT2D eigenvalue weighted by atomic mass is 9.78. The van der Waals surface area contributed by atoms with Crippen LogP contribution >= 0.6 is 15.9 Å². The third kappa shape index (κ3) is 5.25. The van der Waals surface area contributed by atoms with Crippen molar-refractivity contribution < 1.29 is 23.5 Å². The predicted molar refractivity (Wildman–Crippen MR) is 140 cm³/mol. The van der Waals surface area contributed by atoms with Crippen molar-refractivity contribution in [3.8, 4) is 0 Å². The van der Waals surface area contributed by atoms with E-state index in [-0.39, 0.29) is 65.4 Å². The molecule has 3 aliphatic carbocycles. The Morgan fingerprint density at radius 2 is 1.68 bits per heavy atom. The summed E-state index contributed by atoms with van der Waals surface area (Å²) < 4.78 is 20.4. The Labute approximate surface area is 226 Å². The number of ether oxygens (including phenoxy) is 1. The van der Waals surface area contributed by atoms with Crippen LogP contribution in [-0.2, 0) is 20.9 Å². The third-order valence-corrected chi connectivity index (χ3v) is 9.41. The van der Waals surface area contributed by atoms with E-state index in [9.17, 15) is 18.8 Å². The minimum atomic E-state index is -0.540. The Morgan fingerprint density at radius 3 is 2.24 bits per heavy atom. The number of carbonyl (C=O) groups is 3. The molecule has 0 aromatic heterocycles. The van der Waals surface area contributed by atoms with Gasteiger partial charge in [-0.05, 0) is 88.7 Å². The maximum absolute atomic E-state index is 14.3. The lowest BCUT2D eigenvalue weighted by Crippen LogP contribution is -2.51. The summed E-state index contributed by atoms with van der Waals surface area (Å²) in [7, 11) is 0. The van der Waals surface area contributed by atoms with Gasteiger partial charge in [-0.25, -0.2) is 9.18 Å². The molecule has 0 unspecified atom stereocenters. The van der Waals surface area contributed by atoms with E-state index in [1.54, 1.807) is 17.0 Å². The minimum absolute atomic E-state index is 0.0268. The van der Waals surface area contributed by atoms with Gasteiger partial charge >= 0.3 is 6.09 Å². The number of nitrogens with one attached hydrogen (secondary N) is 2. The number of likely N-dealkylation sites (tertiary alicyclic amines) is 1. The Bertz CT molecular complexity index is 1080. The summed E-state index contributed by atoms with van der Waals surface area (Å²) in [4.78, 5) is 41.2. The van der Waals surface area contributed by atoms with Crippen LogP contribution in [0, 0.1) is 34.9 Å². The first kappa shape index (κ1) is 26.4. The lowest BCUT2D eigenvalue weighted by Gasteiger charge is -2.35. The van der Waals surface area contributed by atoms with E-state index in [0.717, 1.165) is 25.7 Å². The zero-order chi connectivity index (χ0) is 26.5. The van der Waals surface area contributed by atoms with Crippen molar-refractivity contribution in [2.24, 2.45) is 29.1 Å². The molecule has 3 amide bonds. The SMILES string of the molecule is CC(C)(C)OC(=O)N1CCC(NC(=O)[C@H]2[C@H](C(=O)NCc3ccc(Br)cc3F)[C@@H]3CC[C@H]2C32CC2)CC1. The molecule has 1 aliphatic heterocycles. The number of piperidine rings is 1. The van der Waals surface area contributed by atoms with Gasteiger partial charge in [0, 0.05) is 35.7 Å². The molecule has 1 aromatic carbocycles. The summed E-state index contributed by atoms with van der Waals surface area (Å²) >= 11 is 3.26. The highest BCUT2D eigenvalue weighted by Gasteiger charge is 2.71. The second kappa shape index (κ2) is 9.86. The van der Waals surface area contributed by atoms with E-state index in [1.165, 1.54) is 6.07 Å². The molecule has 9 heteroatoms. The highest BCUT2D eigenvalue weighted by molar-refractivity contribution is 9.10. The van der Waals surface area contributed by atoms with Gasteiger partial charge in [-0.2, -0.15) is 0 Å². The van der Waals surface area contributed by atoms with Crippen molar-refractivity contribution in [1.29, 1.82) is 0 Å². The summed E-state index contributed by atoms with van der Waals surface area (Å²) in [5, 5.41) is 6.17. The van der Waals surface area contributed by atoms with Crippen LogP contribution in [0.1, 0.15) is 64.9 Å². The molecule has 2 bridgehead atoms. The van der Waals surface area contributed by atoms with Gasteiger partial charge in [0.1, 0.15) is 11.4 Å². The van der Waals surface area contributed by atoms with Crippen molar-refractivity contribution in [2.45, 2.75) is 77.5 Å². The molecular formula is C28H37BrFN3O4. The second-order valence-corrected chi connectivity index (χ2v) is 13.2. The van der Waals surface area contributed by atoms with Gasteiger partial charge in [-0.15, -0.1) is 0 Å². The van der Waals surface area contributed by atoms with Gasteiger partial charge in [-0.3, -0.25) is 9.59 Å². The van der Waals surface area contributed by atoms with Crippen LogP contribution in [0.4, 0.5) is 9.18 Å². The zero-order valence-corrected chi connectivity index (χ0v) is 23.4. The first-order valence-corrected chi connectivity index (χ1v) is 14.3. The van der Waals surface area contributed by atoms with Crippen LogP contribution in [0.15, 0.2) is 22.7 Å². The normalized spacial score (nSPS) is 28.3. The molecule has 4 aliphatic rings. The van der Waals surface area contributed by atoms with E-state index < -0.39 is 5.60 Å². The molecule has 7 nitrogen and oxygen atoms in total. The molecular weight excluding hydrogens is 541 g/mol. The predicted octanol–water partition coefficient (Wildman–Crippen LogP) is 4.77. The van der Waals surface area contributed by atoms with Crippen LogP contribution in [0.3, 0.4) is 0 Å². The molecule has 5 rings (SSSR count). The van der Waals surface area contributed by atoms with Crippen LogP contribution < -0.4 is 10.6 Å². The molecule has 1 aromatic rings. The van der Waals surface area contributed by atoms with Crippen molar-refractivity contribution in [3.63, 3.8) is 0 Å². The summed E-state index contributed by atoms with van der Waals surface area (Å²) in [6.07, 6.45) is 5.16. The Kier molecular flexibility index (Phi) is 7.05. The first-order valence-electron chi connectivity index (χ1n) is 13.5. The summed E-state index contributed by atoms with van der Waals surface area (Å²) in [5.41, 5.74) is 0.0209. The van der Waals surface area contributed by atoms with E-state index in [1.807, 2.05) is 20.8 Å². The molecule has 202 valence electrons. The Balaban J connectivity index is 1.21. The Hall–Kier alpha value is -2.16. The third-order valence-electron chi connectivity index (χ3n) is 8.91. The van der Waals surface area contributed by atoms with Crippen LogP contribution in [-0.4, -0.2) is 47.5 Å². The molecule has 3 saturated carbocycles. The van der Waals surface area contributed by atoms with Crippen molar-refractivity contribution in [2.75, 3.05) is 13.1 Å². The fourth-order valence-electron chi connectivity index (χ4n) is 7.16. The van der Waals surface area contributed by atoms with Gasteiger partial charge < -0.3 is 20.3 Å². The standard InChI is InChI=1S/C28H37BrFN3O4/c1-27(2,3)37-26(36)33-12-8-18(9-13-33)32-25(35)23-20-7-6-19(28(20)10-11-28)22(23)24(34)31-15-16-4-5-17(29)14-21(16)30/h4-5,14,18-20,22-23H,6-13,15H2,1-3H3,(H,31,34)(H,32,35)/t19-,20+,22+,23+/m0/s1. The number of hydrogen-bond donors (Lipinski definition) is 2. The fourth-order valence-corrected chi connectivity index (χ4v) is 7.49. The molecule has 2 N–H and O–H groups in total.